The fourth-order valence-electron chi connectivity index (χ4n) is 1.32. The Balaban J connectivity index is 4.61. The smallest absolute Gasteiger partial charge is 0.118 e. The second-order valence-electron chi connectivity index (χ2n) is 3.89. The van der Waals surface area contributed by atoms with Crippen molar-refractivity contribution in [1.29, 1.82) is 0 Å². The zero-order chi connectivity index (χ0) is 13.3. The lowest BCUT2D eigenvalue weighted by Gasteiger charge is -2.13. The number of allylic oxidation sites excluding steroid dienone is 2. The topological polar surface area (TPSA) is 33.6 Å². The molecule has 0 aliphatic rings. The molecule has 0 aromatic rings. The number of nitrogens with one attached hydrogen (secondary N) is 1. The Morgan fingerprint density at radius 1 is 1.35 bits per heavy atom. The molecule has 1 N–H and O–H groups in total. The van der Waals surface area contributed by atoms with Crippen LogP contribution in [0.1, 0.15) is 27.7 Å². The van der Waals surface area contributed by atoms with Gasteiger partial charge in [-0.3, -0.25) is 0 Å². The summed E-state index contributed by atoms with van der Waals surface area (Å²) in [6, 6.07) is 0. The van der Waals surface area contributed by atoms with Gasteiger partial charge in [0.25, 0.3) is 0 Å². The van der Waals surface area contributed by atoms with Crippen molar-refractivity contribution in [2.75, 3.05) is 13.2 Å². The summed E-state index contributed by atoms with van der Waals surface area (Å²) < 4.78 is 5.41. The van der Waals surface area contributed by atoms with E-state index in [0.29, 0.717) is 24.1 Å². The molecule has 0 unspecified atom stereocenters. The molecule has 0 heterocycles. The molecule has 0 aromatic carbocycles. The molecule has 0 saturated heterocycles. The van der Waals surface area contributed by atoms with E-state index < -0.39 is 0 Å². The van der Waals surface area contributed by atoms with Crippen molar-refractivity contribution >= 4 is 6.21 Å². The molecule has 0 rings (SSSR count). The minimum atomic E-state index is 0.355. The van der Waals surface area contributed by atoms with Crippen molar-refractivity contribution in [3.05, 3.63) is 36.4 Å². The van der Waals surface area contributed by atoms with Crippen molar-refractivity contribution in [1.82, 2.24) is 5.32 Å². The van der Waals surface area contributed by atoms with Gasteiger partial charge in [0, 0.05) is 12.8 Å². The van der Waals surface area contributed by atoms with Crippen LogP contribution in [-0.2, 0) is 4.74 Å². The largest absolute Gasteiger partial charge is 0.494 e. The average molecular weight is 236 g/mol. The molecule has 17 heavy (non-hydrogen) atoms. The van der Waals surface area contributed by atoms with E-state index in [2.05, 4.69) is 37.3 Å². The second-order valence-corrected chi connectivity index (χ2v) is 3.89. The Kier molecular flexibility index (Phi) is 7.85. The third kappa shape index (κ3) is 6.61. The Bertz CT molecular complexity index is 314. The quantitative estimate of drug-likeness (QED) is 0.398. The summed E-state index contributed by atoms with van der Waals surface area (Å²) in [6.07, 6.45) is 3.65. The molecule has 0 bridgehead atoms. The Hall–Kier alpha value is -1.51. The summed E-state index contributed by atoms with van der Waals surface area (Å²) >= 11 is 0. The maximum Gasteiger partial charge on any atom is 0.118 e. The molecule has 0 radical (unpaired) electrons. The van der Waals surface area contributed by atoms with E-state index in [9.17, 15) is 0 Å². The lowest BCUT2D eigenvalue weighted by molar-refractivity contribution is 0.235. The molecule has 3 heteroatoms. The highest BCUT2D eigenvalue weighted by atomic mass is 16.5. The molecule has 0 spiro atoms. The lowest BCUT2D eigenvalue weighted by Crippen LogP contribution is -2.09. The summed E-state index contributed by atoms with van der Waals surface area (Å²) in [5.41, 5.74) is 1.06. The summed E-state index contributed by atoms with van der Waals surface area (Å²) in [5, 5.41) is 3.03. The number of aliphatic imine (C=N–C) groups is 1. The zero-order valence-corrected chi connectivity index (χ0v) is 11.4. The summed E-state index contributed by atoms with van der Waals surface area (Å²) in [6.45, 7) is 17.3. The van der Waals surface area contributed by atoms with Gasteiger partial charge in [0.1, 0.15) is 11.6 Å². The predicted molar refractivity (Wildman–Crippen MR) is 75.0 cm³/mol. The van der Waals surface area contributed by atoms with Crippen molar-refractivity contribution in [3.8, 4) is 0 Å². The van der Waals surface area contributed by atoms with Gasteiger partial charge >= 0.3 is 0 Å². The van der Waals surface area contributed by atoms with E-state index in [1.807, 2.05) is 19.9 Å². The van der Waals surface area contributed by atoms with E-state index in [4.69, 9.17) is 4.74 Å². The molecule has 0 amide bonds. The average Bonchev–Trinajstić information content (AvgIpc) is 2.24. The van der Waals surface area contributed by atoms with Crippen molar-refractivity contribution in [2.45, 2.75) is 27.7 Å². The van der Waals surface area contributed by atoms with Crippen LogP contribution in [0, 0.1) is 5.92 Å². The molecule has 0 atom stereocenters. The molecular weight excluding hydrogens is 212 g/mol. The van der Waals surface area contributed by atoms with E-state index in [1.165, 1.54) is 0 Å². The van der Waals surface area contributed by atoms with Gasteiger partial charge in [-0.2, -0.15) is 0 Å². The summed E-state index contributed by atoms with van der Waals surface area (Å²) in [7, 11) is 0. The SMILES string of the molecule is C=C(N=C/C=C(\C(=C)OCC)C(C)C)NCC. The third-order valence-corrected chi connectivity index (χ3v) is 2.13. The van der Waals surface area contributed by atoms with Gasteiger partial charge in [0.15, 0.2) is 0 Å². The van der Waals surface area contributed by atoms with Crippen LogP contribution in [0.3, 0.4) is 0 Å². The van der Waals surface area contributed by atoms with Gasteiger partial charge in [-0.05, 0) is 31.4 Å². The fourth-order valence-corrected chi connectivity index (χ4v) is 1.32. The van der Waals surface area contributed by atoms with E-state index in [-0.39, 0.29) is 0 Å². The maximum absolute atomic E-state index is 5.41. The first kappa shape index (κ1) is 15.5. The maximum atomic E-state index is 5.41. The highest BCUT2D eigenvalue weighted by Crippen LogP contribution is 2.18. The van der Waals surface area contributed by atoms with Gasteiger partial charge in [-0.25, -0.2) is 4.99 Å². The van der Waals surface area contributed by atoms with Crippen molar-refractivity contribution < 1.29 is 4.74 Å². The van der Waals surface area contributed by atoms with Gasteiger partial charge in [-0.15, -0.1) is 0 Å². The van der Waals surface area contributed by atoms with Gasteiger partial charge in [0.2, 0.25) is 0 Å². The van der Waals surface area contributed by atoms with Crippen molar-refractivity contribution in [2.24, 2.45) is 10.9 Å². The van der Waals surface area contributed by atoms with Crippen LogP contribution in [0.25, 0.3) is 0 Å². The summed E-state index contributed by atoms with van der Waals surface area (Å²) in [5.74, 6) is 1.73. The van der Waals surface area contributed by atoms with Crippen LogP contribution in [0.5, 0.6) is 0 Å². The second kappa shape index (κ2) is 8.62. The number of hydrogen-bond acceptors (Lipinski definition) is 3. The van der Waals surface area contributed by atoms with Crippen LogP contribution >= 0.6 is 0 Å². The zero-order valence-electron chi connectivity index (χ0n) is 11.4. The predicted octanol–water partition coefficient (Wildman–Crippen LogP) is 3.27. The standard InChI is InChI=1S/C14H24N2O/c1-7-15-13(6)16-10-9-14(11(3)4)12(5)17-8-2/h9-11,15H,5-8H2,1-4H3/b14-9-,16-10?. The molecule has 0 saturated carbocycles. The Morgan fingerprint density at radius 3 is 2.47 bits per heavy atom. The third-order valence-electron chi connectivity index (χ3n) is 2.13. The van der Waals surface area contributed by atoms with E-state index >= 15 is 0 Å². The number of nitrogens with zero attached hydrogens (tertiary/aromatic N) is 1. The van der Waals surface area contributed by atoms with Crippen molar-refractivity contribution in [3.63, 3.8) is 0 Å². The normalized spacial score (nSPS) is 11.9. The molecule has 0 fully saturated rings. The number of rotatable bonds is 8. The summed E-state index contributed by atoms with van der Waals surface area (Å²) in [4.78, 5) is 4.17. The first-order valence-electron chi connectivity index (χ1n) is 6.01. The first-order valence-corrected chi connectivity index (χ1v) is 6.01. The van der Waals surface area contributed by atoms with Crippen LogP contribution in [0.2, 0.25) is 0 Å². The molecule has 0 aliphatic carbocycles. The minimum absolute atomic E-state index is 0.355. The van der Waals surface area contributed by atoms with Crippen LogP contribution in [0.15, 0.2) is 41.4 Å². The minimum Gasteiger partial charge on any atom is -0.494 e. The van der Waals surface area contributed by atoms with E-state index in [1.54, 1.807) is 6.21 Å². The first-order chi connectivity index (χ1) is 8.02. The molecule has 0 aromatic heterocycles. The van der Waals surface area contributed by atoms with Gasteiger partial charge < -0.3 is 10.1 Å². The Morgan fingerprint density at radius 2 is 2.00 bits per heavy atom. The monoisotopic (exact) mass is 236 g/mol. The van der Waals surface area contributed by atoms with Crippen LogP contribution in [-0.4, -0.2) is 19.4 Å². The van der Waals surface area contributed by atoms with Crippen LogP contribution < -0.4 is 5.32 Å². The highest BCUT2D eigenvalue weighted by molar-refractivity contribution is 5.74. The highest BCUT2D eigenvalue weighted by Gasteiger charge is 2.07. The molecular formula is C14H24N2O. The molecule has 0 aliphatic heterocycles. The van der Waals surface area contributed by atoms with Crippen LogP contribution in [0.4, 0.5) is 0 Å². The number of hydrogen-bond donors (Lipinski definition) is 1. The molecule has 3 nitrogen and oxygen atoms in total. The molecule has 96 valence electrons. The van der Waals surface area contributed by atoms with E-state index in [0.717, 1.165) is 12.1 Å². The number of ether oxygens (including phenoxy) is 1. The lowest BCUT2D eigenvalue weighted by atomic mass is 10.0. The fraction of sp³-hybridized carbons (Fsp3) is 0.500. The van der Waals surface area contributed by atoms with Gasteiger partial charge in [-0.1, -0.05) is 27.0 Å². The van der Waals surface area contributed by atoms with Gasteiger partial charge in [0.05, 0.1) is 6.61 Å². The Labute approximate surface area is 105 Å².